The quantitative estimate of drug-likeness (QED) is 0.345. The third-order valence-corrected chi connectivity index (χ3v) is 5.34. The molecule has 4 rings (SSSR count). The predicted octanol–water partition coefficient (Wildman–Crippen LogP) is 6.46. The zero-order valence-electron chi connectivity index (χ0n) is 18.1. The van der Waals surface area contributed by atoms with E-state index < -0.39 is 17.7 Å². The van der Waals surface area contributed by atoms with E-state index in [0.29, 0.717) is 12.0 Å². The lowest BCUT2D eigenvalue weighted by atomic mass is 9.93. The Kier molecular flexibility index (Phi) is 6.28. The lowest BCUT2D eigenvalue weighted by Gasteiger charge is -2.25. The second kappa shape index (κ2) is 9.12. The molecule has 0 unspecified atom stereocenters. The highest BCUT2D eigenvalue weighted by Gasteiger charge is 2.25. The highest BCUT2D eigenvalue weighted by Crippen LogP contribution is 2.34. The minimum Gasteiger partial charge on any atom is -0.444 e. The van der Waals surface area contributed by atoms with Gasteiger partial charge in [0.25, 0.3) is 0 Å². The molecule has 0 aliphatic carbocycles. The fraction of sp³-hybridized carbons (Fsp3) is 0.240. The van der Waals surface area contributed by atoms with E-state index in [9.17, 15) is 4.79 Å². The van der Waals surface area contributed by atoms with Crippen LogP contribution in [0.15, 0.2) is 75.9 Å². The molecule has 32 heavy (non-hydrogen) atoms. The number of hydrogen-bond donors (Lipinski definition) is 1. The zero-order valence-corrected chi connectivity index (χ0v) is 19.7. The number of carbonyl (C=O) groups excluding carboxylic acids is 1. The molecule has 0 fully saturated rings. The minimum atomic E-state index is -0.607. The predicted molar refractivity (Wildman–Crippen MR) is 127 cm³/mol. The molecule has 1 N–H and O–H groups in total. The third kappa shape index (κ3) is 5.16. The summed E-state index contributed by atoms with van der Waals surface area (Å²) in [4.78, 5) is 17.2. The van der Waals surface area contributed by atoms with Gasteiger partial charge in [-0.05, 0) is 50.6 Å². The van der Waals surface area contributed by atoms with Crippen molar-refractivity contribution in [1.29, 1.82) is 0 Å². The van der Waals surface area contributed by atoms with Crippen molar-refractivity contribution in [2.45, 2.75) is 38.8 Å². The Labute approximate surface area is 195 Å². The summed E-state index contributed by atoms with van der Waals surface area (Å²) in [7, 11) is 0. The summed E-state index contributed by atoms with van der Waals surface area (Å²) in [5.41, 5.74) is 3.45. The molecule has 2 aromatic heterocycles. The van der Waals surface area contributed by atoms with Gasteiger partial charge in [0.05, 0.1) is 6.04 Å². The zero-order chi connectivity index (χ0) is 22.7. The van der Waals surface area contributed by atoms with Crippen molar-refractivity contribution in [3.63, 3.8) is 0 Å². The van der Waals surface area contributed by atoms with Crippen LogP contribution in [-0.4, -0.2) is 21.8 Å². The number of ether oxygens (including phenoxy) is 1. The van der Waals surface area contributed by atoms with Gasteiger partial charge < -0.3 is 14.6 Å². The van der Waals surface area contributed by atoms with Gasteiger partial charge in [-0.25, -0.2) is 4.79 Å². The van der Waals surface area contributed by atoms with Crippen LogP contribution in [0.4, 0.5) is 4.79 Å². The van der Waals surface area contributed by atoms with Crippen molar-refractivity contribution in [3.8, 4) is 11.3 Å². The van der Waals surface area contributed by atoms with Gasteiger partial charge in [0, 0.05) is 33.7 Å². The summed E-state index contributed by atoms with van der Waals surface area (Å²) >= 11 is 3.50. The molecule has 0 aliphatic rings. The molecule has 6 nitrogen and oxygen atoms in total. The minimum absolute atomic E-state index is 0.390. The molecule has 0 bridgehead atoms. The normalized spacial score (nSPS) is 12.5. The fourth-order valence-corrected chi connectivity index (χ4v) is 3.94. The molecule has 2 aromatic carbocycles. The van der Waals surface area contributed by atoms with E-state index in [-0.39, 0.29) is 0 Å². The van der Waals surface area contributed by atoms with Crippen LogP contribution in [-0.2, 0) is 11.2 Å². The summed E-state index contributed by atoms with van der Waals surface area (Å²) in [6.45, 7) is 5.52. The average molecular weight is 494 g/mol. The smallest absolute Gasteiger partial charge is 0.408 e. The van der Waals surface area contributed by atoms with Gasteiger partial charge in [-0.3, -0.25) is 4.98 Å². The van der Waals surface area contributed by atoms with Gasteiger partial charge in [0.2, 0.25) is 0 Å². The Hall–Kier alpha value is -3.19. The molecule has 7 heteroatoms. The first-order valence-corrected chi connectivity index (χ1v) is 11.1. The maximum absolute atomic E-state index is 12.7. The SMILES string of the molecule is CC(C)(C)OC(=O)N[C@@H](Cc1cc(Br)ccn1)c1ccccc1-c1noc2ccccc12. The number of carbonyl (C=O) groups is 1. The van der Waals surface area contributed by atoms with Gasteiger partial charge in [-0.15, -0.1) is 0 Å². The molecule has 164 valence electrons. The Morgan fingerprint density at radius 1 is 1.12 bits per heavy atom. The Balaban J connectivity index is 1.76. The number of pyridine rings is 1. The number of hydrogen-bond acceptors (Lipinski definition) is 5. The lowest BCUT2D eigenvalue weighted by molar-refractivity contribution is 0.0503. The summed E-state index contributed by atoms with van der Waals surface area (Å²) in [5.74, 6) is 0. The molecule has 1 atom stereocenters. The molecule has 0 saturated heterocycles. The third-order valence-electron chi connectivity index (χ3n) is 4.85. The van der Waals surface area contributed by atoms with Crippen LogP contribution in [0.25, 0.3) is 22.2 Å². The number of aromatic nitrogens is 2. The number of nitrogens with zero attached hydrogens (tertiary/aromatic N) is 2. The Morgan fingerprint density at radius 3 is 2.66 bits per heavy atom. The number of halogens is 1. The molecule has 0 aliphatic heterocycles. The van der Waals surface area contributed by atoms with Crippen LogP contribution < -0.4 is 5.32 Å². The second-order valence-electron chi connectivity index (χ2n) is 8.48. The first kappa shape index (κ1) is 22.0. The van der Waals surface area contributed by atoms with Gasteiger partial charge >= 0.3 is 6.09 Å². The number of benzene rings is 2. The number of para-hydroxylation sites is 1. The molecule has 0 radical (unpaired) electrons. The molecular formula is C25H24BrN3O3. The molecule has 4 aromatic rings. The number of fused-ring (bicyclic) bond motifs is 1. The summed E-state index contributed by atoms with van der Waals surface area (Å²) < 4.78 is 12.0. The largest absolute Gasteiger partial charge is 0.444 e. The van der Waals surface area contributed by atoms with Gasteiger partial charge in [0.15, 0.2) is 5.58 Å². The van der Waals surface area contributed by atoms with Gasteiger partial charge in [0.1, 0.15) is 11.3 Å². The van der Waals surface area contributed by atoms with Crippen molar-refractivity contribution in [2.75, 3.05) is 0 Å². The molecule has 0 saturated carbocycles. The van der Waals surface area contributed by atoms with Gasteiger partial charge in [-0.1, -0.05) is 57.5 Å². The van der Waals surface area contributed by atoms with E-state index in [4.69, 9.17) is 9.26 Å². The van der Waals surface area contributed by atoms with Crippen molar-refractivity contribution >= 4 is 33.0 Å². The first-order chi connectivity index (χ1) is 15.3. The maximum atomic E-state index is 12.7. The van der Waals surface area contributed by atoms with E-state index in [2.05, 4.69) is 31.4 Å². The van der Waals surface area contributed by atoms with Crippen molar-refractivity contribution in [3.05, 3.63) is 82.6 Å². The van der Waals surface area contributed by atoms with Gasteiger partial charge in [-0.2, -0.15) is 0 Å². The topological polar surface area (TPSA) is 77.2 Å². The van der Waals surface area contributed by atoms with Crippen molar-refractivity contribution in [1.82, 2.24) is 15.5 Å². The standard InChI is InChI=1S/C25H24BrN3O3/c1-25(2,3)31-24(30)28-21(15-17-14-16(26)12-13-27-17)18-8-4-5-9-19(18)23-20-10-6-7-11-22(20)32-29-23/h4-14,21H,15H2,1-3H3,(H,28,30)/t21-/m0/s1. The number of amides is 1. The molecular weight excluding hydrogens is 470 g/mol. The van der Waals surface area contributed by atoms with Crippen LogP contribution in [0.1, 0.15) is 38.1 Å². The van der Waals surface area contributed by atoms with Crippen LogP contribution >= 0.6 is 15.9 Å². The fourth-order valence-electron chi connectivity index (χ4n) is 3.55. The van der Waals surface area contributed by atoms with E-state index in [1.165, 1.54) is 0 Å². The van der Waals surface area contributed by atoms with E-state index in [0.717, 1.165) is 32.4 Å². The maximum Gasteiger partial charge on any atom is 0.408 e. The van der Waals surface area contributed by atoms with E-state index >= 15 is 0 Å². The molecule has 2 heterocycles. The van der Waals surface area contributed by atoms with E-state index in [1.54, 1.807) is 6.20 Å². The highest BCUT2D eigenvalue weighted by molar-refractivity contribution is 9.10. The monoisotopic (exact) mass is 493 g/mol. The number of alkyl carbamates (subject to hydrolysis) is 1. The summed E-state index contributed by atoms with van der Waals surface area (Å²) in [6.07, 6.45) is 1.73. The highest BCUT2D eigenvalue weighted by atomic mass is 79.9. The number of rotatable bonds is 5. The molecule has 0 spiro atoms. The lowest BCUT2D eigenvalue weighted by Crippen LogP contribution is -2.36. The first-order valence-electron chi connectivity index (χ1n) is 10.3. The van der Waals surface area contributed by atoms with Crippen LogP contribution in [0.2, 0.25) is 0 Å². The second-order valence-corrected chi connectivity index (χ2v) is 9.40. The Morgan fingerprint density at radius 2 is 1.88 bits per heavy atom. The Bertz CT molecular complexity index is 1250. The van der Waals surface area contributed by atoms with Crippen LogP contribution in [0, 0.1) is 0 Å². The van der Waals surface area contributed by atoms with Crippen LogP contribution in [0.5, 0.6) is 0 Å². The van der Waals surface area contributed by atoms with Crippen LogP contribution in [0.3, 0.4) is 0 Å². The number of nitrogens with one attached hydrogen (secondary N) is 1. The summed E-state index contributed by atoms with van der Waals surface area (Å²) in [5, 5.41) is 8.27. The van der Waals surface area contributed by atoms with Crippen molar-refractivity contribution in [2.24, 2.45) is 0 Å². The van der Waals surface area contributed by atoms with E-state index in [1.807, 2.05) is 81.4 Å². The average Bonchev–Trinajstić information content (AvgIpc) is 3.16. The molecule has 1 amide bonds. The van der Waals surface area contributed by atoms with Crippen molar-refractivity contribution < 1.29 is 14.1 Å². The summed E-state index contributed by atoms with van der Waals surface area (Å²) in [6, 6.07) is 19.0.